The molecule has 1 aromatic rings. The van der Waals surface area contributed by atoms with Crippen LogP contribution in [0.25, 0.3) is 0 Å². The number of fused-ring (bicyclic) bond motifs is 1. The predicted octanol–water partition coefficient (Wildman–Crippen LogP) is 1.46. The van der Waals surface area contributed by atoms with Gasteiger partial charge >= 0.3 is 0 Å². The minimum atomic E-state index is -0.436. The Morgan fingerprint density at radius 2 is 2.31 bits per heavy atom. The van der Waals surface area contributed by atoms with E-state index < -0.39 is 4.92 Å². The van der Waals surface area contributed by atoms with E-state index >= 15 is 0 Å². The Bertz CT molecular complexity index is 350. The maximum atomic E-state index is 10.4. The van der Waals surface area contributed by atoms with Crippen LogP contribution in [0.1, 0.15) is 5.56 Å². The first-order valence-corrected chi connectivity index (χ1v) is 3.75. The Kier molecular flexibility index (Phi) is 1.86. The quantitative estimate of drug-likeness (QED) is 0.486. The first-order chi connectivity index (χ1) is 6.27. The van der Waals surface area contributed by atoms with Crippen LogP contribution >= 0.6 is 0 Å². The molecule has 0 atom stereocenters. The van der Waals surface area contributed by atoms with E-state index in [0.29, 0.717) is 12.4 Å². The summed E-state index contributed by atoms with van der Waals surface area (Å²) in [5, 5.41) is 10.4. The zero-order valence-corrected chi connectivity index (χ0v) is 6.73. The van der Waals surface area contributed by atoms with E-state index in [2.05, 4.69) is 0 Å². The molecule has 0 radical (unpaired) electrons. The van der Waals surface area contributed by atoms with Crippen molar-refractivity contribution >= 4 is 5.69 Å². The number of ether oxygens (including phenoxy) is 2. The number of non-ortho nitro benzene ring substituents is 1. The molecule has 1 aromatic carbocycles. The van der Waals surface area contributed by atoms with Gasteiger partial charge < -0.3 is 9.47 Å². The highest BCUT2D eigenvalue weighted by molar-refractivity contribution is 5.43. The topological polar surface area (TPSA) is 61.6 Å². The molecule has 0 bridgehead atoms. The highest BCUT2D eigenvalue weighted by Crippen LogP contribution is 2.27. The van der Waals surface area contributed by atoms with E-state index in [1.807, 2.05) is 0 Å². The van der Waals surface area contributed by atoms with E-state index in [1.54, 1.807) is 6.07 Å². The van der Waals surface area contributed by atoms with E-state index in [-0.39, 0.29) is 12.5 Å². The summed E-state index contributed by atoms with van der Waals surface area (Å²) in [4.78, 5) is 9.98. The van der Waals surface area contributed by atoms with Crippen molar-refractivity contribution in [2.24, 2.45) is 0 Å². The van der Waals surface area contributed by atoms with Gasteiger partial charge in [0, 0.05) is 17.7 Å². The van der Waals surface area contributed by atoms with Gasteiger partial charge in [0.1, 0.15) is 5.75 Å². The molecule has 0 saturated heterocycles. The van der Waals surface area contributed by atoms with Crippen molar-refractivity contribution in [2.45, 2.75) is 6.61 Å². The molecule has 1 aliphatic heterocycles. The summed E-state index contributed by atoms with van der Waals surface area (Å²) < 4.78 is 10.1. The minimum absolute atomic E-state index is 0.0628. The highest BCUT2D eigenvalue weighted by atomic mass is 16.7. The second kappa shape index (κ2) is 3.02. The lowest BCUT2D eigenvalue weighted by molar-refractivity contribution is -0.385. The molecule has 0 spiro atoms. The monoisotopic (exact) mass is 181 g/mol. The zero-order valence-electron chi connectivity index (χ0n) is 6.73. The van der Waals surface area contributed by atoms with Gasteiger partial charge in [-0.25, -0.2) is 0 Å². The summed E-state index contributed by atoms with van der Waals surface area (Å²) >= 11 is 0. The molecule has 5 heteroatoms. The number of nitro groups is 1. The van der Waals surface area contributed by atoms with Crippen molar-refractivity contribution in [1.82, 2.24) is 0 Å². The van der Waals surface area contributed by atoms with E-state index in [1.165, 1.54) is 12.1 Å². The van der Waals surface area contributed by atoms with Gasteiger partial charge in [0.05, 0.1) is 11.5 Å². The summed E-state index contributed by atoms with van der Waals surface area (Å²) in [6.45, 7) is 0.585. The van der Waals surface area contributed by atoms with Gasteiger partial charge in [0.25, 0.3) is 5.69 Å². The molecule has 0 amide bonds. The van der Waals surface area contributed by atoms with Gasteiger partial charge in [-0.3, -0.25) is 10.1 Å². The van der Waals surface area contributed by atoms with Crippen molar-refractivity contribution in [3.05, 3.63) is 33.9 Å². The van der Waals surface area contributed by atoms with Crippen LogP contribution in [0, 0.1) is 10.1 Å². The van der Waals surface area contributed by atoms with Crippen LogP contribution in [0.2, 0.25) is 0 Å². The molecule has 1 heterocycles. The molecular weight excluding hydrogens is 174 g/mol. The lowest BCUT2D eigenvalue weighted by Crippen LogP contribution is -2.11. The second-order valence-corrected chi connectivity index (χ2v) is 2.66. The van der Waals surface area contributed by atoms with Crippen LogP contribution in [0.15, 0.2) is 18.2 Å². The van der Waals surface area contributed by atoms with Crippen molar-refractivity contribution in [3.63, 3.8) is 0 Å². The van der Waals surface area contributed by atoms with Gasteiger partial charge in [-0.2, -0.15) is 0 Å². The lowest BCUT2D eigenvalue weighted by Gasteiger charge is -2.16. The number of hydrogen-bond acceptors (Lipinski definition) is 4. The number of nitrogens with zero attached hydrogens (tertiary/aromatic N) is 1. The Labute approximate surface area is 74.0 Å². The average Bonchev–Trinajstić information content (AvgIpc) is 2.17. The van der Waals surface area contributed by atoms with E-state index in [9.17, 15) is 10.1 Å². The first kappa shape index (κ1) is 8.00. The van der Waals surface area contributed by atoms with Crippen molar-refractivity contribution in [2.75, 3.05) is 6.79 Å². The number of hydrogen-bond donors (Lipinski definition) is 0. The lowest BCUT2D eigenvalue weighted by atomic mass is 10.2. The summed E-state index contributed by atoms with van der Waals surface area (Å²) in [5.41, 5.74) is 0.785. The summed E-state index contributed by atoms with van der Waals surface area (Å²) in [5.74, 6) is 0.664. The van der Waals surface area contributed by atoms with Gasteiger partial charge in [-0.1, -0.05) is 0 Å². The molecule has 68 valence electrons. The zero-order chi connectivity index (χ0) is 9.26. The Hall–Kier alpha value is -1.62. The molecule has 2 rings (SSSR count). The van der Waals surface area contributed by atoms with E-state index in [0.717, 1.165) is 5.56 Å². The summed E-state index contributed by atoms with van der Waals surface area (Å²) in [7, 11) is 0. The SMILES string of the molecule is O=[N+]([O-])c1ccc2c(c1)COCO2. The maximum absolute atomic E-state index is 10.4. The number of rotatable bonds is 1. The second-order valence-electron chi connectivity index (χ2n) is 2.66. The van der Waals surface area contributed by atoms with E-state index in [4.69, 9.17) is 9.47 Å². The molecule has 13 heavy (non-hydrogen) atoms. The van der Waals surface area contributed by atoms with Gasteiger partial charge in [0.15, 0.2) is 6.79 Å². The Morgan fingerprint density at radius 3 is 3.08 bits per heavy atom. The fourth-order valence-corrected chi connectivity index (χ4v) is 1.19. The predicted molar refractivity (Wildman–Crippen MR) is 43.4 cm³/mol. The third-order valence-electron chi connectivity index (χ3n) is 1.81. The molecule has 0 saturated carbocycles. The highest BCUT2D eigenvalue weighted by Gasteiger charge is 2.14. The number of nitro benzene ring substituents is 1. The van der Waals surface area contributed by atoms with Crippen LogP contribution in [0.3, 0.4) is 0 Å². The van der Waals surface area contributed by atoms with Crippen LogP contribution < -0.4 is 4.74 Å². The van der Waals surface area contributed by atoms with Crippen molar-refractivity contribution in [3.8, 4) is 5.75 Å². The van der Waals surface area contributed by atoms with Gasteiger partial charge in [0.2, 0.25) is 0 Å². The fourth-order valence-electron chi connectivity index (χ4n) is 1.19. The van der Waals surface area contributed by atoms with Crippen LogP contribution in [0.4, 0.5) is 5.69 Å². The number of benzene rings is 1. The Morgan fingerprint density at radius 1 is 1.46 bits per heavy atom. The standard InChI is InChI=1S/C8H7NO4/c10-9(11)7-1-2-8-6(3-7)4-12-5-13-8/h1-3H,4-5H2. The van der Waals surface area contributed by atoms with Crippen LogP contribution in [-0.4, -0.2) is 11.7 Å². The molecule has 0 fully saturated rings. The largest absolute Gasteiger partial charge is 0.467 e. The molecule has 0 aliphatic carbocycles. The van der Waals surface area contributed by atoms with Crippen LogP contribution in [-0.2, 0) is 11.3 Å². The first-order valence-electron chi connectivity index (χ1n) is 3.75. The molecular formula is C8H7NO4. The summed E-state index contributed by atoms with van der Waals surface area (Å²) in [6.07, 6.45) is 0. The smallest absolute Gasteiger partial charge is 0.270 e. The third-order valence-corrected chi connectivity index (χ3v) is 1.81. The Balaban J connectivity index is 2.40. The fraction of sp³-hybridized carbons (Fsp3) is 0.250. The average molecular weight is 181 g/mol. The molecule has 0 N–H and O–H groups in total. The van der Waals surface area contributed by atoms with Crippen molar-refractivity contribution in [1.29, 1.82) is 0 Å². The van der Waals surface area contributed by atoms with Crippen LogP contribution in [0.5, 0.6) is 5.75 Å². The molecule has 1 aliphatic rings. The normalized spacial score (nSPS) is 14.5. The maximum Gasteiger partial charge on any atom is 0.270 e. The van der Waals surface area contributed by atoms with Gasteiger partial charge in [-0.05, 0) is 6.07 Å². The summed E-state index contributed by atoms with van der Waals surface area (Å²) in [6, 6.07) is 4.48. The molecule has 0 unspecified atom stereocenters. The third kappa shape index (κ3) is 1.46. The minimum Gasteiger partial charge on any atom is -0.467 e. The van der Waals surface area contributed by atoms with Gasteiger partial charge in [-0.15, -0.1) is 0 Å². The molecule has 5 nitrogen and oxygen atoms in total. The van der Waals surface area contributed by atoms with Crippen molar-refractivity contribution < 1.29 is 14.4 Å². The molecule has 0 aromatic heterocycles.